The number of benzene rings is 2. The molecule has 0 saturated carbocycles. The largest absolute Gasteiger partial charge is 0.465 e. The molecule has 0 amide bonds. The lowest BCUT2D eigenvalue weighted by Gasteiger charge is -2.07. The van der Waals surface area contributed by atoms with Crippen molar-refractivity contribution in [2.45, 2.75) is 6.18 Å². The smallest absolute Gasteiger partial charge is 0.416 e. The summed E-state index contributed by atoms with van der Waals surface area (Å²) < 4.78 is 43.0. The molecule has 1 heterocycles. The van der Waals surface area contributed by atoms with Gasteiger partial charge in [-0.25, -0.2) is 9.78 Å². The first-order valence-electron chi connectivity index (χ1n) is 6.64. The van der Waals surface area contributed by atoms with Crippen LogP contribution in [0, 0.1) is 0 Å². The van der Waals surface area contributed by atoms with Crippen molar-refractivity contribution < 1.29 is 22.7 Å². The number of aromatic nitrogens is 2. The number of hydrogen-bond donors (Lipinski definition) is 1. The Morgan fingerprint density at radius 1 is 1.17 bits per heavy atom. The van der Waals surface area contributed by atoms with Gasteiger partial charge in [-0.3, -0.25) is 0 Å². The van der Waals surface area contributed by atoms with Gasteiger partial charge in [-0.15, -0.1) is 0 Å². The Labute approximate surface area is 128 Å². The maximum atomic E-state index is 12.8. The maximum Gasteiger partial charge on any atom is 0.416 e. The molecule has 7 heteroatoms. The highest BCUT2D eigenvalue weighted by atomic mass is 19.4. The van der Waals surface area contributed by atoms with E-state index in [0.717, 1.165) is 12.1 Å². The van der Waals surface area contributed by atoms with Crippen molar-refractivity contribution in [3.63, 3.8) is 0 Å². The summed E-state index contributed by atoms with van der Waals surface area (Å²) in [6, 6.07) is 9.59. The van der Waals surface area contributed by atoms with Crippen LogP contribution in [-0.2, 0) is 10.9 Å². The number of methoxy groups -OCH3 is 1. The van der Waals surface area contributed by atoms with E-state index in [1.807, 2.05) is 0 Å². The highest BCUT2D eigenvalue weighted by molar-refractivity contribution is 5.94. The summed E-state index contributed by atoms with van der Waals surface area (Å²) in [5.74, 6) is -0.199. The number of imidazole rings is 1. The minimum absolute atomic E-state index is 0.299. The van der Waals surface area contributed by atoms with Gasteiger partial charge in [0.1, 0.15) is 5.82 Å². The van der Waals surface area contributed by atoms with Gasteiger partial charge in [0, 0.05) is 5.56 Å². The van der Waals surface area contributed by atoms with Crippen LogP contribution < -0.4 is 0 Å². The number of esters is 1. The standard InChI is InChI=1S/C16H11F3N2O2/c1-23-15(22)10-5-6-12-13(8-10)21-14(20-12)9-3-2-4-11(7-9)16(17,18)19/h2-8H,1H3,(H,20,21). The number of carbonyl (C=O) groups is 1. The molecule has 3 rings (SSSR count). The summed E-state index contributed by atoms with van der Waals surface area (Å²) in [6.45, 7) is 0. The minimum atomic E-state index is -4.42. The Bertz CT molecular complexity index is 884. The average Bonchev–Trinajstić information content (AvgIpc) is 2.96. The number of hydrogen-bond acceptors (Lipinski definition) is 3. The Balaban J connectivity index is 2.05. The molecule has 4 nitrogen and oxygen atoms in total. The summed E-state index contributed by atoms with van der Waals surface area (Å²) in [7, 11) is 1.27. The number of carbonyl (C=O) groups excluding carboxylic acids is 1. The van der Waals surface area contributed by atoms with E-state index in [-0.39, 0.29) is 0 Å². The van der Waals surface area contributed by atoms with Crippen molar-refractivity contribution in [3.8, 4) is 11.4 Å². The number of H-pyrrole nitrogens is 1. The fourth-order valence-corrected chi connectivity index (χ4v) is 2.23. The van der Waals surface area contributed by atoms with Gasteiger partial charge in [-0.2, -0.15) is 13.2 Å². The van der Waals surface area contributed by atoms with Crippen molar-refractivity contribution in [2.24, 2.45) is 0 Å². The van der Waals surface area contributed by atoms with Crippen LogP contribution in [-0.4, -0.2) is 23.0 Å². The number of aromatic amines is 1. The van der Waals surface area contributed by atoms with Gasteiger partial charge in [0.2, 0.25) is 0 Å². The fraction of sp³-hybridized carbons (Fsp3) is 0.125. The van der Waals surface area contributed by atoms with Crippen molar-refractivity contribution >= 4 is 17.0 Å². The van der Waals surface area contributed by atoms with E-state index in [0.29, 0.717) is 28.0 Å². The Kier molecular flexibility index (Phi) is 3.55. The summed E-state index contributed by atoms with van der Waals surface area (Å²) in [5, 5.41) is 0. The van der Waals surface area contributed by atoms with Crippen molar-refractivity contribution in [3.05, 3.63) is 53.6 Å². The highest BCUT2D eigenvalue weighted by Gasteiger charge is 2.30. The van der Waals surface area contributed by atoms with E-state index in [2.05, 4.69) is 14.7 Å². The molecule has 2 aromatic carbocycles. The number of halogens is 3. The summed E-state index contributed by atoms with van der Waals surface area (Å²) in [4.78, 5) is 18.7. The Hall–Kier alpha value is -2.83. The van der Waals surface area contributed by atoms with Crippen LogP contribution >= 0.6 is 0 Å². The molecular weight excluding hydrogens is 309 g/mol. The molecule has 0 spiro atoms. The molecule has 0 saturated heterocycles. The molecule has 1 N–H and O–H groups in total. The monoisotopic (exact) mass is 320 g/mol. The molecule has 0 unspecified atom stereocenters. The van der Waals surface area contributed by atoms with E-state index >= 15 is 0 Å². The fourth-order valence-electron chi connectivity index (χ4n) is 2.23. The quantitative estimate of drug-likeness (QED) is 0.725. The third-order valence-electron chi connectivity index (χ3n) is 3.37. The van der Waals surface area contributed by atoms with E-state index in [1.54, 1.807) is 18.2 Å². The van der Waals surface area contributed by atoms with Crippen LogP contribution in [0.25, 0.3) is 22.4 Å². The molecule has 0 fully saturated rings. The second-order valence-corrected chi connectivity index (χ2v) is 4.89. The lowest BCUT2D eigenvalue weighted by molar-refractivity contribution is -0.137. The Morgan fingerprint density at radius 2 is 1.96 bits per heavy atom. The van der Waals surface area contributed by atoms with Gasteiger partial charge >= 0.3 is 12.1 Å². The molecule has 23 heavy (non-hydrogen) atoms. The lowest BCUT2D eigenvalue weighted by atomic mass is 10.1. The first-order chi connectivity index (χ1) is 10.9. The molecule has 3 aromatic rings. The average molecular weight is 320 g/mol. The normalized spacial score (nSPS) is 11.7. The summed E-state index contributed by atoms with van der Waals surface area (Å²) >= 11 is 0. The van der Waals surface area contributed by atoms with Crippen LogP contribution in [0.4, 0.5) is 13.2 Å². The van der Waals surface area contributed by atoms with Crippen LogP contribution in [0.2, 0.25) is 0 Å². The lowest BCUT2D eigenvalue weighted by Crippen LogP contribution is -2.04. The van der Waals surface area contributed by atoms with Crippen LogP contribution in [0.3, 0.4) is 0 Å². The zero-order valence-electron chi connectivity index (χ0n) is 11.9. The minimum Gasteiger partial charge on any atom is -0.465 e. The molecule has 0 atom stereocenters. The SMILES string of the molecule is COC(=O)c1ccc2nc(-c3cccc(C(F)(F)F)c3)[nH]c2c1. The number of fused-ring (bicyclic) bond motifs is 1. The van der Waals surface area contributed by atoms with Gasteiger partial charge in [-0.1, -0.05) is 12.1 Å². The first-order valence-corrected chi connectivity index (χ1v) is 6.64. The molecule has 0 aliphatic rings. The van der Waals surface area contributed by atoms with Gasteiger partial charge in [-0.05, 0) is 30.3 Å². The van der Waals surface area contributed by atoms with Gasteiger partial charge < -0.3 is 9.72 Å². The van der Waals surface area contributed by atoms with Gasteiger partial charge in [0.25, 0.3) is 0 Å². The predicted molar refractivity (Wildman–Crippen MR) is 77.9 cm³/mol. The second-order valence-electron chi connectivity index (χ2n) is 4.89. The second kappa shape index (κ2) is 5.42. The van der Waals surface area contributed by atoms with E-state index in [1.165, 1.54) is 19.2 Å². The Morgan fingerprint density at radius 3 is 2.65 bits per heavy atom. The topological polar surface area (TPSA) is 55.0 Å². The molecule has 0 bridgehead atoms. The van der Waals surface area contributed by atoms with Crippen molar-refractivity contribution in [2.75, 3.05) is 7.11 Å². The number of nitrogens with zero attached hydrogens (tertiary/aromatic N) is 1. The molecule has 0 aliphatic heterocycles. The van der Waals surface area contributed by atoms with E-state index in [4.69, 9.17) is 0 Å². The molecule has 118 valence electrons. The first kappa shape index (κ1) is 15.1. The molecule has 0 aliphatic carbocycles. The third kappa shape index (κ3) is 2.90. The maximum absolute atomic E-state index is 12.8. The van der Waals surface area contributed by atoms with Gasteiger partial charge in [0.15, 0.2) is 0 Å². The molecule has 1 aromatic heterocycles. The van der Waals surface area contributed by atoms with E-state index in [9.17, 15) is 18.0 Å². The van der Waals surface area contributed by atoms with Crippen molar-refractivity contribution in [1.82, 2.24) is 9.97 Å². The molecule has 0 radical (unpaired) electrons. The van der Waals surface area contributed by atoms with Crippen LogP contribution in [0.1, 0.15) is 15.9 Å². The number of rotatable bonds is 2. The number of alkyl halides is 3. The van der Waals surface area contributed by atoms with Crippen molar-refractivity contribution in [1.29, 1.82) is 0 Å². The number of nitrogens with one attached hydrogen (secondary N) is 1. The summed E-state index contributed by atoms with van der Waals surface area (Å²) in [5.41, 5.74) is 0.992. The zero-order chi connectivity index (χ0) is 16.6. The third-order valence-corrected chi connectivity index (χ3v) is 3.37. The summed E-state index contributed by atoms with van der Waals surface area (Å²) in [6.07, 6.45) is -4.42. The van der Waals surface area contributed by atoms with Crippen LogP contribution in [0.5, 0.6) is 0 Å². The predicted octanol–water partition coefficient (Wildman–Crippen LogP) is 4.04. The van der Waals surface area contributed by atoms with Gasteiger partial charge in [0.05, 0.1) is 29.3 Å². The molecular formula is C16H11F3N2O2. The van der Waals surface area contributed by atoms with Crippen LogP contribution in [0.15, 0.2) is 42.5 Å². The number of ether oxygens (including phenoxy) is 1. The zero-order valence-corrected chi connectivity index (χ0v) is 11.9. The van der Waals surface area contributed by atoms with E-state index < -0.39 is 17.7 Å². The highest BCUT2D eigenvalue weighted by Crippen LogP contribution is 2.32.